The molecule has 5 rings (SSSR count). The fraction of sp³-hybridized carbons (Fsp3) is 0.119. The molecular weight excluding hydrogens is 780 g/mol. The number of ether oxygens (including phenoxy) is 2. The van der Waals surface area contributed by atoms with Crippen molar-refractivity contribution in [2.45, 2.75) is 18.9 Å². The van der Waals surface area contributed by atoms with Gasteiger partial charge >= 0.3 is 5.97 Å². The summed E-state index contributed by atoms with van der Waals surface area (Å²) < 4.78 is 10.3. The van der Waals surface area contributed by atoms with Crippen LogP contribution in [0.3, 0.4) is 0 Å². The van der Waals surface area contributed by atoms with E-state index in [9.17, 15) is 54.5 Å². The molecule has 18 heteroatoms. The number of methoxy groups -OCH3 is 2. The fourth-order valence-electron chi connectivity index (χ4n) is 5.68. The van der Waals surface area contributed by atoms with Crippen LogP contribution in [-0.2, 0) is 16.0 Å². The number of benzene rings is 5. The summed E-state index contributed by atoms with van der Waals surface area (Å²) in [6, 6.07) is 23.0. The van der Waals surface area contributed by atoms with Gasteiger partial charge in [-0.2, -0.15) is 5.26 Å². The Hall–Kier alpha value is -8.59. The van der Waals surface area contributed by atoms with E-state index in [2.05, 4.69) is 26.6 Å². The minimum absolute atomic E-state index is 0.0185. The highest BCUT2D eigenvalue weighted by molar-refractivity contribution is 6.10. The number of nitrogens with one attached hydrogen (secondary N) is 5. The normalized spacial score (nSPS) is 10.9. The van der Waals surface area contributed by atoms with Crippen molar-refractivity contribution in [2.24, 2.45) is 0 Å². The number of aromatic hydroxyl groups is 3. The van der Waals surface area contributed by atoms with E-state index in [-0.39, 0.29) is 69.7 Å². The van der Waals surface area contributed by atoms with Crippen molar-refractivity contribution in [1.82, 2.24) is 5.32 Å². The van der Waals surface area contributed by atoms with Crippen molar-refractivity contribution < 1.29 is 58.7 Å². The van der Waals surface area contributed by atoms with E-state index in [1.165, 1.54) is 86.0 Å². The van der Waals surface area contributed by atoms with Crippen LogP contribution in [0.1, 0.15) is 53.4 Å². The number of hydrogen-bond donors (Lipinski definition) is 9. The molecule has 0 saturated heterocycles. The largest absolute Gasteiger partial charge is 0.508 e. The zero-order valence-corrected chi connectivity index (χ0v) is 31.7. The van der Waals surface area contributed by atoms with Crippen LogP contribution in [0.25, 0.3) is 0 Å². The van der Waals surface area contributed by atoms with Crippen LogP contribution >= 0.6 is 0 Å². The highest BCUT2D eigenvalue weighted by atomic mass is 16.5. The van der Waals surface area contributed by atoms with Crippen molar-refractivity contribution in [2.75, 3.05) is 35.5 Å². The van der Waals surface area contributed by atoms with Crippen molar-refractivity contribution in [3.05, 3.63) is 125 Å². The Bertz CT molecular complexity index is 2500. The maximum Gasteiger partial charge on any atom is 0.339 e. The highest BCUT2D eigenvalue weighted by Gasteiger charge is 2.25. The average molecular weight is 817 g/mol. The second-order valence-electron chi connectivity index (χ2n) is 12.7. The molecule has 0 saturated carbocycles. The SMILES string of the molecule is COc1c(NC(=O)c2ccc(NC(=O)c3ccc(NC(=O)C(CC#N)NC(=O)c4ccc(NC(=O)Cc5ccc(O)cc5)cc4)cc3)c(OC)c2O)ccc(C(=O)O)c1O. The summed E-state index contributed by atoms with van der Waals surface area (Å²) in [6.45, 7) is 0. The number of hydrogen-bond acceptors (Lipinski definition) is 12. The van der Waals surface area contributed by atoms with Crippen molar-refractivity contribution in [3.63, 3.8) is 0 Å². The lowest BCUT2D eigenvalue weighted by molar-refractivity contribution is -0.118. The van der Waals surface area contributed by atoms with E-state index in [1.807, 2.05) is 6.07 Å². The molecule has 0 fully saturated rings. The lowest BCUT2D eigenvalue weighted by Gasteiger charge is -2.17. The number of carbonyl (C=O) groups is 6. The minimum Gasteiger partial charge on any atom is -0.508 e. The molecular formula is C42H36N6O12. The van der Waals surface area contributed by atoms with Gasteiger partial charge in [-0.3, -0.25) is 24.0 Å². The van der Waals surface area contributed by atoms with Gasteiger partial charge in [-0.15, -0.1) is 0 Å². The third-order valence-electron chi connectivity index (χ3n) is 8.71. The molecule has 5 amide bonds. The summed E-state index contributed by atoms with van der Waals surface area (Å²) in [4.78, 5) is 76.1. The van der Waals surface area contributed by atoms with Crippen LogP contribution in [0.2, 0.25) is 0 Å². The van der Waals surface area contributed by atoms with Crippen molar-refractivity contribution in [1.29, 1.82) is 5.26 Å². The fourth-order valence-corrected chi connectivity index (χ4v) is 5.68. The number of phenolic OH excluding ortho intramolecular Hbond substituents is 2. The van der Waals surface area contributed by atoms with Crippen LogP contribution in [0.5, 0.6) is 28.7 Å². The van der Waals surface area contributed by atoms with Crippen molar-refractivity contribution in [3.8, 4) is 34.8 Å². The number of aromatic carboxylic acids is 1. The Morgan fingerprint density at radius 2 is 1.12 bits per heavy atom. The molecule has 0 aliphatic carbocycles. The number of rotatable bonds is 15. The van der Waals surface area contributed by atoms with E-state index >= 15 is 0 Å². The summed E-state index contributed by atoms with van der Waals surface area (Å²) in [6.07, 6.45) is -0.304. The molecule has 60 heavy (non-hydrogen) atoms. The average Bonchev–Trinajstić information content (AvgIpc) is 3.22. The zero-order valence-electron chi connectivity index (χ0n) is 31.7. The third-order valence-corrected chi connectivity index (χ3v) is 8.71. The second-order valence-corrected chi connectivity index (χ2v) is 12.7. The first kappa shape index (κ1) is 42.6. The Morgan fingerprint density at radius 1 is 0.617 bits per heavy atom. The number of phenols is 3. The Labute approximate surface area is 341 Å². The van der Waals surface area contributed by atoms with Gasteiger partial charge in [0.2, 0.25) is 11.8 Å². The molecule has 0 radical (unpaired) electrons. The molecule has 0 heterocycles. The number of carboxylic acid groups (broad SMARTS) is 1. The molecule has 306 valence electrons. The molecule has 0 aliphatic heterocycles. The van der Waals surface area contributed by atoms with Crippen LogP contribution < -0.4 is 36.1 Å². The van der Waals surface area contributed by atoms with Gasteiger partial charge in [-0.05, 0) is 90.5 Å². The zero-order chi connectivity index (χ0) is 43.5. The van der Waals surface area contributed by atoms with Crippen molar-refractivity contribution >= 4 is 58.3 Å². The van der Waals surface area contributed by atoms with Gasteiger partial charge in [0.1, 0.15) is 17.4 Å². The molecule has 5 aromatic carbocycles. The van der Waals surface area contributed by atoms with Crippen LogP contribution in [0.4, 0.5) is 22.7 Å². The summed E-state index contributed by atoms with van der Waals surface area (Å²) in [5, 5.41) is 62.0. The second kappa shape index (κ2) is 19.0. The molecule has 18 nitrogen and oxygen atoms in total. The van der Waals surface area contributed by atoms with Gasteiger partial charge in [0.05, 0.1) is 50.1 Å². The summed E-state index contributed by atoms with van der Waals surface area (Å²) in [7, 11) is 2.35. The first-order chi connectivity index (χ1) is 28.7. The number of anilines is 4. The number of nitriles is 1. The van der Waals surface area contributed by atoms with Crippen LogP contribution in [-0.4, -0.2) is 76.2 Å². The van der Waals surface area contributed by atoms with Gasteiger partial charge in [0, 0.05) is 22.5 Å². The van der Waals surface area contributed by atoms with Gasteiger partial charge in [0.25, 0.3) is 17.7 Å². The summed E-state index contributed by atoms with van der Waals surface area (Å²) in [5.41, 5.74) is 0.724. The molecule has 0 bridgehead atoms. The first-order valence-corrected chi connectivity index (χ1v) is 17.6. The maximum absolute atomic E-state index is 13.2. The number of amides is 5. The minimum atomic E-state index is -1.43. The monoisotopic (exact) mass is 816 g/mol. The first-order valence-electron chi connectivity index (χ1n) is 17.6. The molecule has 1 unspecified atom stereocenters. The molecule has 0 aliphatic rings. The molecule has 5 aromatic rings. The molecule has 0 spiro atoms. The van der Waals surface area contributed by atoms with E-state index in [4.69, 9.17) is 9.47 Å². The van der Waals surface area contributed by atoms with Crippen LogP contribution in [0.15, 0.2) is 97.1 Å². The Kier molecular flexibility index (Phi) is 13.5. The van der Waals surface area contributed by atoms with Gasteiger partial charge in [-0.25, -0.2) is 4.79 Å². The quantitative estimate of drug-likeness (QED) is 0.0684. The lowest BCUT2D eigenvalue weighted by atomic mass is 10.1. The molecule has 0 aromatic heterocycles. The van der Waals surface area contributed by atoms with E-state index in [0.717, 1.165) is 13.2 Å². The Balaban J connectivity index is 1.18. The highest BCUT2D eigenvalue weighted by Crippen LogP contribution is 2.40. The summed E-state index contributed by atoms with van der Waals surface area (Å²) >= 11 is 0. The standard InChI is InChI=1S/C42H36N6O12/c1-59-36-30(17-15-28(34(36)51)40(55)47-31-18-16-29(42(57)58)35(52)37(31)60-2)46-38(53)23-7-11-26(12-8-23)45-41(56)32(19-20-43)48-39(54)24-5-9-25(10-6-24)44-33(50)21-22-3-13-27(49)14-4-22/h3-18,32,49,51-52H,19,21H2,1-2H3,(H,44,50)(H,45,56)(H,46,53)(H,47,55)(H,48,54)(H,57,58). The number of carbonyl (C=O) groups excluding carboxylic acids is 5. The number of carboxylic acids is 1. The summed E-state index contributed by atoms with van der Waals surface area (Å²) in [5.74, 6) is -6.56. The van der Waals surface area contributed by atoms with Crippen LogP contribution in [0, 0.1) is 11.3 Å². The smallest absolute Gasteiger partial charge is 0.339 e. The van der Waals surface area contributed by atoms with Gasteiger partial charge < -0.3 is 56.5 Å². The maximum atomic E-state index is 13.2. The van der Waals surface area contributed by atoms with Gasteiger partial charge in [0.15, 0.2) is 23.0 Å². The van der Waals surface area contributed by atoms with Gasteiger partial charge in [-0.1, -0.05) is 12.1 Å². The van der Waals surface area contributed by atoms with E-state index in [0.29, 0.717) is 11.3 Å². The predicted molar refractivity (Wildman–Crippen MR) is 216 cm³/mol. The van der Waals surface area contributed by atoms with E-state index in [1.54, 1.807) is 12.1 Å². The lowest BCUT2D eigenvalue weighted by Crippen LogP contribution is -2.43. The molecule has 1 atom stereocenters. The topological polar surface area (TPSA) is 286 Å². The predicted octanol–water partition coefficient (Wildman–Crippen LogP) is 4.86. The molecule has 9 N–H and O–H groups in total. The third kappa shape index (κ3) is 10.2. The Morgan fingerprint density at radius 3 is 1.65 bits per heavy atom. The van der Waals surface area contributed by atoms with E-state index < -0.39 is 52.7 Å². The number of nitrogens with zero attached hydrogens (tertiary/aromatic N) is 1.